The maximum absolute atomic E-state index is 12.3. The average Bonchev–Trinajstić information content (AvgIpc) is 2.54. The van der Waals surface area contributed by atoms with Gasteiger partial charge in [0.25, 0.3) is 11.8 Å². The minimum Gasteiger partial charge on any atom is -0.493 e. The molecule has 0 bridgehead atoms. The Kier molecular flexibility index (Phi) is 6.18. The SMILES string of the molecule is CCOc1ccc(Br)cc1C(=O)NNC(=O)c1ccccc1Br. The number of carbonyl (C=O) groups excluding carboxylic acids is 2. The Hall–Kier alpha value is -1.86. The molecule has 0 aliphatic carbocycles. The lowest BCUT2D eigenvalue weighted by molar-refractivity contribution is 0.0844. The largest absolute Gasteiger partial charge is 0.493 e. The van der Waals surface area contributed by atoms with E-state index in [1.165, 1.54) is 0 Å². The fourth-order valence-corrected chi connectivity index (χ4v) is 2.68. The van der Waals surface area contributed by atoms with E-state index < -0.39 is 11.8 Å². The molecule has 2 aromatic rings. The van der Waals surface area contributed by atoms with Crippen LogP contribution in [0.1, 0.15) is 27.6 Å². The third kappa shape index (κ3) is 4.56. The van der Waals surface area contributed by atoms with Gasteiger partial charge in [0.2, 0.25) is 0 Å². The minimum atomic E-state index is -0.463. The summed E-state index contributed by atoms with van der Waals surface area (Å²) in [6.07, 6.45) is 0. The van der Waals surface area contributed by atoms with Gasteiger partial charge in [-0.3, -0.25) is 20.4 Å². The number of amides is 2. The van der Waals surface area contributed by atoms with E-state index in [-0.39, 0.29) is 0 Å². The Morgan fingerprint density at radius 1 is 1.00 bits per heavy atom. The highest BCUT2D eigenvalue weighted by atomic mass is 79.9. The molecule has 2 rings (SSSR count). The van der Waals surface area contributed by atoms with Gasteiger partial charge >= 0.3 is 0 Å². The monoisotopic (exact) mass is 440 g/mol. The van der Waals surface area contributed by atoms with Gasteiger partial charge in [-0.05, 0) is 53.2 Å². The molecule has 2 N–H and O–H groups in total. The summed E-state index contributed by atoms with van der Waals surface area (Å²) in [6.45, 7) is 2.27. The molecule has 2 aromatic carbocycles. The van der Waals surface area contributed by atoms with Crippen LogP contribution in [0.15, 0.2) is 51.4 Å². The Morgan fingerprint density at radius 3 is 2.30 bits per heavy atom. The molecule has 0 radical (unpaired) electrons. The van der Waals surface area contributed by atoms with Gasteiger partial charge in [-0.2, -0.15) is 0 Å². The van der Waals surface area contributed by atoms with Gasteiger partial charge in [0.15, 0.2) is 0 Å². The number of ether oxygens (including phenoxy) is 1. The highest BCUT2D eigenvalue weighted by Crippen LogP contribution is 2.23. The zero-order valence-corrected chi connectivity index (χ0v) is 15.4. The summed E-state index contributed by atoms with van der Waals surface area (Å²) in [7, 11) is 0. The van der Waals surface area contributed by atoms with Crippen molar-refractivity contribution in [3.8, 4) is 5.75 Å². The molecule has 0 aliphatic heterocycles. The van der Waals surface area contributed by atoms with E-state index in [0.29, 0.717) is 28.0 Å². The van der Waals surface area contributed by atoms with Crippen LogP contribution in [0.25, 0.3) is 0 Å². The second-order valence-corrected chi connectivity index (χ2v) is 6.23. The summed E-state index contributed by atoms with van der Waals surface area (Å²) in [6, 6.07) is 12.0. The number of hydrazine groups is 1. The fraction of sp³-hybridized carbons (Fsp3) is 0.125. The van der Waals surface area contributed by atoms with E-state index in [1.807, 2.05) is 6.92 Å². The van der Waals surface area contributed by atoms with E-state index >= 15 is 0 Å². The zero-order valence-electron chi connectivity index (χ0n) is 12.2. The molecule has 0 aliphatic rings. The maximum atomic E-state index is 12.3. The molecule has 5 nitrogen and oxygen atoms in total. The Labute approximate surface area is 150 Å². The van der Waals surface area contributed by atoms with Crippen LogP contribution in [0.5, 0.6) is 5.75 Å². The molecule has 23 heavy (non-hydrogen) atoms. The molecule has 0 atom stereocenters. The molecular formula is C16H14Br2N2O3. The van der Waals surface area contributed by atoms with Crippen LogP contribution in [0, 0.1) is 0 Å². The lowest BCUT2D eigenvalue weighted by Gasteiger charge is -2.12. The quantitative estimate of drug-likeness (QED) is 0.711. The first-order valence-electron chi connectivity index (χ1n) is 6.80. The van der Waals surface area contributed by atoms with Crippen molar-refractivity contribution in [2.45, 2.75) is 6.92 Å². The van der Waals surface area contributed by atoms with Crippen LogP contribution in [0.4, 0.5) is 0 Å². The molecule has 0 aromatic heterocycles. The number of hydrogen-bond donors (Lipinski definition) is 2. The molecule has 0 saturated carbocycles. The van der Waals surface area contributed by atoms with Crippen LogP contribution in [-0.2, 0) is 0 Å². The highest BCUT2D eigenvalue weighted by molar-refractivity contribution is 9.10. The second-order valence-electron chi connectivity index (χ2n) is 4.46. The van der Waals surface area contributed by atoms with Crippen LogP contribution >= 0.6 is 31.9 Å². The van der Waals surface area contributed by atoms with Crippen molar-refractivity contribution < 1.29 is 14.3 Å². The van der Waals surface area contributed by atoms with Gasteiger partial charge in [-0.1, -0.05) is 28.1 Å². The predicted octanol–water partition coefficient (Wildman–Crippen LogP) is 3.69. The van der Waals surface area contributed by atoms with Crippen molar-refractivity contribution in [2.24, 2.45) is 0 Å². The Morgan fingerprint density at radius 2 is 1.65 bits per heavy atom. The lowest BCUT2D eigenvalue weighted by Crippen LogP contribution is -2.41. The van der Waals surface area contributed by atoms with E-state index in [2.05, 4.69) is 42.7 Å². The van der Waals surface area contributed by atoms with E-state index in [4.69, 9.17) is 4.74 Å². The van der Waals surface area contributed by atoms with Gasteiger partial charge in [-0.25, -0.2) is 0 Å². The Bertz CT molecular complexity index is 735. The predicted molar refractivity (Wildman–Crippen MR) is 94.4 cm³/mol. The van der Waals surface area contributed by atoms with Crippen molar-refractivity contribution in [2.75, 3.05) is 6.61 Å². The molecule has 0 fully saturated rings. The number of hydrogen-bond acceptors (Lipinski definition) is 3. The summed E-state index contributed by atoms with van der Waals surface area (Å²) in [5.74, 6) is -0.433. The molecule has 0 unspecified atom stereocenters. The smallest absolute Gasteiger partial charge is 0.273 e. The molecular weight excluding hydrogens is 428 g/mol. The van der Waals surface area contributed by atoms with Crippen LogP contribution in [0.2, 0.25) is 0 Å². The third-order valence-electron chi connectivity index (χ3n) is 2.89. The average molecular weight is 442 g/mol. The molecule has 0 saturated heterocycles. The first kappa shape index (κ1) is 17.5. The minimum absolute atomic E-state index is 0.327. The summed E-state index contributed by atoms with van der Waals surface area (Å²) in [5, 5.41) is 0. The first-order chi connectivity index (χ1) is 11.0. The van der Waals surface area contributed by atoms with Gasteiger partial charge in [-0.15, -0.1) is 0 Å². The van der Waals surface area contributed by atoms with Crippen molar-refractivity contribution >= 4 is 43.7 Å². The van der Waals surface area contributed by atoms with Gasteiger partial charge < -0.3 is 4.74 Å². The van der Waals surface area contributed by atoms with Gasteiger partial charge in [0, 0.05) is 8.95 Å². The van der Waals surface area contributed by atoms with E-state index in [1.54, 1.807) is 42.5 Å². The van der Waals surface area contributed by atoms with Crippen molar-refractivity contribution in [1.29, 1.82) is 0 Å². The molecule has 7 heteroatoms. The molecule has 0 heterocycles. The number of rotatable bonds is 4. The van der Waals surface area contributed by atoms with Crippen LogP contribution < -0.4 is 15.6 Å². The molecule has 0 spiro atoms. The Balaban J connectivity index is 2.09. The topological polar surface area (TPSA) is 67.4 Å². The third-order valence-corrected chi connectivity index (χ3v) is 4.08. The summed E-state index contributed by atoms with van der Waals surface area (Å²) < 4.78 is 6.80. The zero-order chi connectivity index (χ0) is 16.8. The van der Waals surface area contributed by atoms with Crippen molar-refractivity contribution in [1.82, 2.24) is 10.9 Å². The number of carbonyl (C=O) groups is 2. The van der Waals surface area contributed by atoms with Crippen LogP contribution in [0.3, 0.4) is 0 Å². The fourth-order valence-electron chi connectivity index (χ4n) is 1.85. The van der Waals surface area contributed by atoms with Gasteiger partial charge in [0.05, 0.1) is 17.7 Å². The van der Waals surface area contributed by atoms with Crippen molar-refractivity contribution in [3.63, 3.8) is 0 Å². The maximum Gasteiger partial charge on any atom is 0.273 e. The number of nitrogens with one attached hydrogen (secondary N) is 2. The van der Waals surface area contributed by atoms with Crippen LogP contribution in [-0.4, -0.2) is 18.4 Å². The normalized spacial score (nSPS) is 10.0. The lowest BCUT2D eigenvalue weighted by atomic mass is 10.2. The summed E-state index contributed by atoms with van der Waals surface area (Å²) >= 11 is 6.60. The van der Waals surface area contributed by atoms with E-state index in [0.717, 1.165) is 4.47 Å². The first-order valence-corrected chi connectivity index (χ1v) is 8.39. The summed E-state index contributed by atoms with van der Waals surface area (Å²) in [4.78, 5) is 24.4. The van der Waals surface area contributed by atoms with Gasteiger partial charge in [0.1, 0.15) is 5.75 Å². The second kappa shape index (κ2) is 8.12. The molecule has 120 valence electrons. The standard InChI is InChI=1S/C16H14Br2N2O3/c1-2-23-14-8-7-10(17)9-12(14)16(22)20-19-15(21)11-5-3-4-6-13(11)18/h3-9H,2H2,1H3,(H,19,21)(H,20,22). The number of benzene rings is 2. The highest BCUT2D eigenvalue weighted by Gasteiger charge is 2.15. The number of halogens is 2. The van der Waals surface area contributed by atoms with Crippen molar-refractivity contribution in [3.05, 3.63) is 62.5 Å². The summed E-state index contributed by atoms with van der Waals surface area (Å²) in [5.41, 5.74) is 5.53. The van der Waals surface area contributed by atoms with E-state index in [9.17, 15) is 9.59 Å². The molecule has 2 amide bonds.